The molecule has 3 aromatic rings. The maximum Gasteiger partial charge on any atom is 0.261 e. The lowest BCUT2D eigenvalue weighted by Crippen LogP contribution is -2.37. The molecule has 1 atom stereocenters. The number of nitrogens with one attached hydrogen (secondary N) is 2. The summed E-state index contributed by atoms with van der Waals surface area (Å²) in [7, 11) is -3.97. The van der Waals surface area contributed by atoms with Gasteiger partial charge in [-0.3, -0.25) is 19.3 Å². The molecule has 0 radical (unpaired) electrons. The summed E-state index contributed by atoms with van der Waals surface area (Å²) in [6.45, 7) is 2.63. The summed E-state index contributed by atoms with van der Waals surface area (Å²) in [5.41, 5.74) is 1.64. The maximum atomic E-state index is 13.0. The Morgan fingerprint density at radius 1 is 1.03 bits per heavy atom. The number of carbonyl (C=O) groups is 2. The number of Topliss-reactive ketones (excluding diaryl/α,β-unsaturated/α-hetero) is 1. The lowest BCUT2D eigenvalue weighted by molar-refractivity contribution is -0.122. The van der Waals surface area contributed by atoms with E-state index in [0.717, 1.165) is 5.56 Å². The quantitative estimate of drug-likeness (QED) is 0.480. The Hall–Kier alpha value is -3.98. The third-order valence-corrected chi connectivity index (χ3v) is 6.58. The van der Waals surface area contributed by atoms with Gasteiger partial charge in [0, 0.05) is 24.0 Å². The lowest BCUT2D eigenvalue weighted by atomic mass is 9.94. The molecule has 174 valence electrons. The van der Waals surface area contributed by atoms with Crippen molar-refractivity contribution in [2.24, 2.45) is 10.9 Å². The van der Waals surface area contributed by atoms with Crippen molar-refractivity contribution < 1.29 is 22.7 Å². The van der Waals surface area contributed by atoms with Crippen LogP contribution in [0.2, 0.25) is 0 Å². The number of hydrogen-bond acceptors (Lipinski definition) is 6. The summed E-state index contributed by atoms with van der Waals surface area (Å²) in [6.07, 6.45) is 1.29. The molecule has 2 N–H and O–H groups in total. The summed E-state index contributed by atoms with van der Waals surface area (Å²) in [6, 6.07) is 19.9. The molecule has 1 unspecified atom stereocenters. The van der Waals surface area contributed by atoms with Gasteiger partial charge in [0.1, 0.15) is 11.7 Å². The standard InChI is InChI=1S/C25H23N3O5S/c1-2-33-19-10-8-18(9-11-19)28-34(31,32)20-12-13-23-21(14-20)24(29)22(16-26-23)25(30)27-15-17-6-4-3-5-7-17/h3-14,16,22,28H,2,15H2,1H3,(H,27,30). The molecule has 0 saturated heterocycles. The zero-order chi connectivity index (χ0) is 24.1. The van der Waals surface area contributed by atoms with Crippen LogP contribution >= 0.6 is 0 Å². The molecule has 0 aromatic heterocycles. The van der Waals surface area contributed by atoms with E-state index in [-0.39, 0.29) is 17.0 Å². The fourth-order valence-electron chi connectivity index (χ4n) is 3.46. The Bertz CT molecular complexity index is 1340. The van der Waals surface area contributed by atoms with Crippen LogP contribution in [0.5, 0.6) is 5.75 Å². The SMILES string of the molecule is CCOc1ccc(NS(=O)(=O)c2ccc3c(c2)C(=O)C(C(=O)NCc2ccccc2)C=N3)cc1. The Kier molecular flexibility index (Phi) is 6.74. The van der Waals surface area contributed by atoms with E-state index in [9.17, 15) is 18.0 Å². The van der Waals surface area contributed by atoms with E-state index < -0.39 is 27.6 Å². The van der Waals surface area contributed by atoms with Crippen LogP contribution in [-0.4, -0.2) is 32.9 Å². The molecular weight excluding hydrogens is 454 g/mol. The number of fused-ring (bicyclic) bond motifs is 1. The monoisotopic (exact) mass is 477 g/mol. The normalized spacial score (nSPS) is 14.9. The van der Waals surface area contributed by atoms with Gasteiger partial charge in [-0.05, 0) is 55.0 Å². The van der Waals surface area contributed by atoms with Crippen LogP contribution in [0.25, 0.3) is 0 Å². The number of carbonyl (C=O) groups excluding carboxylic acids is 2. The number of ketones is 1. The molecule has 34 heavy (non-hydrogen) atoms. The number of aliphatic imine (C=N–C) groups is 1. The first kappa shape index (κ1) is 23.2. The molecule has 3 aromatic carbocycles. The average molecular weight is 478 g/mol. The Labute approximate surface area is 197 Å². The summed E-state index contributed by atoms with van der Waals surface area (Å²) in [5, 5.41) is 2.73. The highest BCUT2D eigenvalue weighted by molar-refractivity contribution is 7.92. The highest BCUT2D eigenvalue weighted by Crippen LogP contribution is 2.30. The van der Waals surface area contributed by atoms with Crippen LogP contribution in [0, 0.1) is 5.92 Å². The number of hydrogen-bond donors (Lipinski definition) is 2. The summed E-state index contributed by atoms with van der Waals surface area (Å²) >= 11 is 0. The van der Waals surface area contributed by atoms with Gasteiger partial charge in [-0.2, -0.15) is 0 Å². The fraction of sp³-hybridized carbons (Fsp3) is 0.160. The Morgan fingerprint density at radius 2 is 1.76 bits per heavy atom. The van der Waals surface area contributed by atoms with Crippen LogP contribution in [-0.2, 0) is 21.4 Å². The van der Waals surface area contributed by atoms with Crippen molar-refractivity contribution in [2.45, 2.75) is 18.4 Å². The van der Waals surface area contributed by atoms with E-state index in [0.29, 0.717) is 23.7 Å². The van der Waals surface area contributed by atoms with E-state index in [1.165, 1.54) is 24.4 Å². The van der Waals surface area contributed by atoms with Gasteiger partial charge in [-0.1, -0.05) is 30.3 Å². The molecule has 0 aliphatic carbocycles. The second-order valence-electron chi connectivity index (χ2n) is 7.57. The molecule has 0 saturated carbocycles. The zero-order valence-electron chi connectivity index (χ0n) is 18.4. The van der Waals surface area contributed by atoms with Gasteiger partial charge in [0.05, 0.1) is 17.2 Å². The topological polar surface area (TPSA) is 114 Å². The highest BCUT2D eigenvalue weighted by atomic mass is 32.2. The van der Waals surface area contributed by atoms with Crippen molar-refractivity contribution in [3.63, 3.8) is 0 Å². The van der Waals surface area contributed by atoms with Crippen molar-refractivity contribution in [1.29, 1.82) is 0 Å². The highest BCUT2D eigenvalue weighted by Gasteiger charge is 2.31. The van der Waals surface area contributed by atoms with Crippen LogP contribution in [0.1, 0.15) is 22.8 Å². The second kappa shape index (κ2) is 9.88. The second-order valence-corrected chi connectivity index (χ2v) is 9.25. The van der Waals surface area contributed by atoms with Gasteiger partial charge in [0.15, 0.2) is 5.78 Å². The van der Waals surface area contributed by atoms with Gasteiger partial charge < -0.3 is 10.1 Å². The molecule has 1 aliphatic rings. The van der Waals surface area contributed by atoms with Crippen molar-refractivity contribution in [2.75, 3.05) is 11.3 Å². The van der Waals surface area contributed by atoms with E-state index in [2.05, 4.69) is 15.0 Å². The number of ether oxygens (including phenoxy) is 1. The number of amides is 1. The van der Waals surface area contributed by atoms with Gasteiger partial charge in [-0.25, -0.2) is 8.42 Å². The van der Waals surface area contributed by atoms with Crippen molar-refractivity contribution in [1.82, 2.24) is 5.32 Å². The van der Waals surface area contributed by atoms with Crippen LogP contribution < -0.4 is 14.8 Å². The molecule has 0 bridgehead atoms. The molecule has 0 spiro atoms. The smallest absolute Gasteiger partial charge is 0.261 e. The largest absolute Gasteiger partial charge is 0.494 e. The van der Waals surface area contributed by atoms with Gasteiger partial charge in [0.25, 0.3) is 10.0 Å². The Morgan fingerprint density at radius 3 is 2.47 bits per heavy atom. The molecule has 0 fully saturated rings. The lowest BCUT2D eigenvalue weighted by Gasteiger charge is -2.18. The van der Waals surface area contributed by atoms with Gasteiger partial charge in [-0.15, -0.1) is 0 Å². The fourth-order valence-corrected chi connectivity index (χ4v) is 4.55. The van der Waals surface area contributed by atoms with E-state index in [1.54, 1.807) is 24.3 Å². The summed E-state index contributed by atoms with van der Waals surface area (Å²) in [4.78, 5) is 29.7. The number of rotatable bonds is 8. The van der Waals surface area contributed by atoms with Crippen LogP contribution in [0.3, 0.4) is 0 Å². The third kappa shape index (κ3) is 5.15. The van der Waals surface area contributed by atoms with E-state index in [4.69, 9.17) is 4.74 Å². The summed E-state index contributed by atoms with van der Waals surface area (Å²) < 4.78 is 33.7. The molecule has 9 heteroatoms. The van der Waals surface area contributed by atoms with Crippen LogP contribution in [0.15, 0.2) is 82.7 Å². The molecule has 1 aliphatic heterocycles. The minimum atomic E-state index is -3.97. The molecule has 1 heterocycles. The van der Waals surface area contributed by atoms with E-state index >= 15 is 0 Å². The van der Waals surface area contributed by atoms with E-state index in [1.807, 2.05) is 37.3 Å². The predicted octanol–water partition coefficient (Wildman–Crippen LogP) is 3.72. The Balaban J connectivity index is 1.50. The number of nitrogens with zero attached hydrogens (tertiary/aromatic N) is 1. The van der Waals surface area contributed by atoms with Crippen LogP contribution in [0.4, 0.5) is 11.4 Å². The van der Waals surface area contributed by atoms with Gasteiger partial charge in [0.2, 0.25) is 5.91 Å². The molecule has 4 rings (SSSR count). The predicted molar refractivity (Wildman–Crippen MR) is 129 cm³/mol. The number of anilines is 1. The molecule has 8 nitrogen and oxygen atoms in total. The summed E-state index contributed by atoms with van der Waals surface area (Å²) in [5.74, 6) is -1.51. The molecular formula is C25H23N3O5S. The number of benzene rings is 3. The average Bonchev–Trinajstić information content (AvgIpc) is 2.84. The van der Waals surface area contributed by atoms with Crippen molar-refractivity contribution >= 4 is 39.3 Å². The van der Waals surface area contributed by atoms with Crippen molar-refractivity contribution in [3.05, 3.63) is 83.9 Å². The molecule has 1 amide bonds. The first-order valence-corrected chi connectivity index (χ1v) is 12.2. The number of sulfonamides is 1. The minimum absolute atomic E-state index is 0.0805. The van der Waals surface area contributed by atoms with Gasteiger partial charge >= 0.3 is 0 Å². The first-order chi connectivity index (χ1) is 16.4. The minimum Gasteiger partial charge on any atom is -0.494 e. The zero-order valence-corrected chi connectivity index (χ0v) is 19.2. The maximum absolute atomic E-state index is 13.0. The third-order valence-electron chi connectivity index (χ3n) is 5.20. The van der Waals surface area contributed by atoms with Crippen molar-refractivity contribution in [3.8, 4) is 5.75 Å². The first-order valence-electron chi connectivity index (χ1n) is 10.7.